The Morgan fingerprint density at radius 3 is 2.59 bits per heavy atom. The lowest BCUT2D eigenvalue weighted by molar-refractivity contribution is 0.102. The molecule has 22 heavy (non-hydrogen) atoms. The molecule has 6 nitrogen and oxygen atoms in total. The molecule has 0 bridgehead atoms. The van der Waals surface area contributed by atoms with Crippen LogP contribution in [-0.2, 0) is 7.05 Å². The van der Waals surface area contributed by atoms with E-state index in [1.165, 1.54) is 4.57 Å². The number of nitrogens with zero attached hydrogens (tertiary/aromatic N) is 1. The first-order valence-corrected chi connectivity index (χ1v) is 6.63. The molecule has 1 N–H and O–H groups in total. The molecule has 1 heterocycles. The molecule has 0 radical (unpaired) electrons. The summed E-state index contributed by atoms with van der Waals surface area (Å²) < 4.78 is 11.5. The topological polar surface area (TPSA) is 73.5 Å². The third kappa shape index (κ3) is 2.46. The molecule has 0 saturated heterocycles. The number of carbonyl (C=O) groups excluding carboxylic acids is 1. The minimum Gasteiger partial charge on any atom is -0.497 e. The van der Waals surface area contributed by atoms with Crippen LogP contribution in [0.4, 0.5) is 5.69 Å². The van der Waals surface area contributed by atoms with Crippen molar-refractivity contribution in [2.75, 3.05) is 12.4 Å². The fraction of sp³-hybridized carbons (Fsp3) is 0.125. The quantitative estimate of drug-likeness (QED) is 0.805. The highest BCUT2D eigenvalue weighted by molar-refractivity contribution is 6.05. The zero-order chi connectivity index (χ0) is 15.7. The fourth-order valence-corrected chi connectivity index (χ4v) is 2.15. The van der Waals surface area contributed by atoms with E-state index < -0.39 is 5.76 Å². The maximum atomic E-state index is 12.2. The summed E-state index contributed by atoms with van der Waals surface area (Å²) in [7, 11) is 3.20. The Bertz CT molecular complexity index is 891. The fourth-order valence-electron chi connectivity index (χ4n) is 2.15. The number of oxazole rings is 1. The number of anilines is 1. The van der Waals surface area contributed by atoms with Crippen LogP contribution in [0.25, 0.3) is 11.1 Å². The second kappa shape index (κ2) is 5.40. The summed E-state index contributed by atoms with van der Waals surface area (Å²) in [5, 5.41) is 2.77. The SMILES string of the molecule is COc1ccc(NC(=O)c2ccc3c(c2)oc(=O)n3C)cc1. The zero-order valence-corrected chi connectivity index (χ0v) is 12.1. The van der Waals surface area contributed by atoms with Crippen LogP contribution in [0.5, 0.6) is 5.75 Å². The lowest BCUT2D eigenvalue weighted by Crippen LogP contribution is -2.11. The number of methoxy groups -OCH3 is 1. The molecule has 112 valence electrons. The predicted molar refractivity (Wildman–Crippen MR) is 82.4 cm³/mol. The minimum absolute atomic E-state index is 0.279. The number of benzene rings is 2. The monoisotopic (exact) mass is 298 g/mol. The number of ether oxygens (including phenoxy) is 1. The molecule has 0 atom stereocenters. The van der Waals surface area contributed by atoms with E-state index in [0.29, 0.717) is 28.1 Å². The van der Waals surface area contributed by atoms with Gasteiger partial charge in [-0.05, 0) is 42.5 Å². The van der Waals surface area contributed by atoms with E-state index in [2.05, 4.69) is 5.32 Å². The lowest BCUT2D eigenvalue weighted by Gasteiger charge is -2.06. The zero-order valence-electron chi connectivity index (χ0n) is 12.1. The molecule has 0 fully saturated rings. The molecule has 0 unspecified atom stereocenters. The molecule has 1 aromatic heterocycles. The maximum Gasteiger partial charge on any atom is 0.419 e. The van der Waals surface area contributed by atoms with Gasteiger partial charge in [-0.25, -0.2) is 4.79 Å². The first-order chi connectivity index (χ1) is 10.6. The number of hydrogen-bond acceptors (Lipinski definition) is 4. The lowest BCUT2D eigenvalue weighted by atomic mass is 10.2. The number of carbonyl (C=O) groups is 1. The average Bonchev–Trinajstić information content (AvgIpc) is 2.82. The van der Waals surface area contributed by atoms with Crippen LogP contribution < -0.4 is 15.8 Å². The van der Waals surface area contributed by atoms with Gasteiger partial charge >= 0.3 is 5.76 Å². The number of aryl methyl sites for hydroxylation is 1. The van der Waals surface area contributed by atoms with Crippen LogP contribution in [-0.4, -0.2) is 17.6 Å². The van der Waals surface area contributed by atoms with E-state index in [9.17, 15) is 9.59 Å². The first-order valence-electron chi connectivity index (χ1n) is 6.63. The van der Waals surface area contributed by atoms with Gasteiger partial charge in [0.05, 0.1) is 12.6 Å². The summed E-state index contributed by atoms with van der Waals surface area (Å²) >= 11 is 0. The van der Waals surface area contributed by atoms with Crippen molar-refractivity contribution in [1.82, 2.24) is 4.57 Å². The molecular formula is C16H14N2O4. The Morgan fingerprint density at radius 2 is 1.91 bits per heavy atom. The van der Waals surface area contributed by atoms with Gasteiger partial charge in [-0.1, -0.05) is 0 Å². The standard InChI is InChI=1S/C16H14N2O4/c1-18-13-8-3-10(9-14(13)22-16(18)20)15(19)17-11-4-6-12(21-2)7-5-11/h3-9H,1-2H3,(H,17,19). The maximum absolute atomic E-state index is 12.2. The molecule has 2 aromatic carbocycles. The molecular weight excluding hydrogens is 284 g/mol. The van der Waals surface area contributed by atoms with Gasteiger partial charge < -0.3 is 14.5 Å². The number of aromatic nitrogens is 1. The van der Waals surface area contributed by atoms with Crippen molar-refractivity contribution in [3.05, 3.63) is 58.6 Å². The van der Waals surface area contributed by atoms with Crippen molar-refractivity contribution in [2.24, 2.45) is 7.05 Å². The van der Waals surface area contributed by atoms with Crippen molar-refractivity contribution in [2.45, 2.75) is 0 Å². The van der Waals surface area contributed by atoms with Crippen molar-refractivity contribution < 1.29 is 13.9 Å². The summed E-state index contributed by atoms with van der Waals surface area (Å²) in [4.78, 5) is 23.7. The van der Waals surface area contributed by atoms with E-state index >= 15 is 0 Å². The second-order valence-corrected chi connectivity index (χ2v) is 4.79. The molecule has 0 aliphatic carbocycles. The van der Waals surface area contributed by atoms with Gasteiger partial charge in [0, 0.05) is 18.3 Å². The van der Waals surface area contributed by atoms with Gasteiger partial charge in [-0.3, -0.25) is 9.36 Å². The highest BCUT2D eigenvalue weighted by atomic mass is 16.5. The van der Waals surface area contributed by atoms with Crippen molar-refractivity contribution in [3.63, 3.8) is 0 Å². The van der Waals surface area contributed by atoms with E-state index in [0.717, 1.165) is 0 Å². The van der Waals surface area contributed by atoms with E-state index in [4.69, 9.17) is 9.15 Å². The van der Waals surface area contributed by atoms with Crippen LogP contribution in [0.2, 0.25) is 0 Å². The number of amides is 1. The summed E-state index contributed by atoms with van der Waals surface area (Å²) in [6.07, 6.45) is 0. The summed E-state index contributed by atoms with van der Waals surface area (Å²) in [6.45, 7) is 0. The molecule has 0 spiro atoms. The van der Waals surface area contributed by atoms with Crippen LogP contribution in [0.15, 0.2) is 51.7 Å². The Balaban J connectivity index is 1.86. The average molecular weight is 298 g/mol. The van der Waals surface area contributed by atoms with E-state index in [1.807, 2.05) is 0 Å². The first kappa shape index (κ1) is 13.9. The molecule has 3 aromatic rings. The smallest absolute Gasteiger partial charge is 0.419 e. The van der Waals surface area contributed by atoms with Crippen LogP contribution in [0, 0.1) is 0 Å². The normalized spacial score (nSPS) is 10.6. The van der Waals surface area contributed by atoms with Gasteiger partial charge in [0.2, 0.25) is 0 Å². The largest absolute Gasteiger partial charge is 0.497 e. The molecule has 6 heteroatoms. The molecule has 3 rings (SSSR count). The molecule has 0 aliphatic heterocycles. The van der Waals surface area contributed by atoms with Gasteiger partial charge in [0.25, 0.3) is 5.91 Å². The number of nitrogens with one attached hydrogen (secondary N) is 1. The van der Waals surface area contributed by atoms with Gasteiger partial charge in [0.15, 0.2) is 5.58 Å². The van der Waals surface area contributed by atoms with Crippen molar-refractivity contribution >= 4 is 22.7 Å². The summed E-state index contributed by atoms with van der Waals surface area (Å²) in [5.74, 6) is -0.0215. The van der Waals surface area contributed by atoms with Crippen LogP contribution >= 0.6 is 0 Å². The third-order valence-corrected chi connectivity index (χ3v) is 3.40. The predicted octanol–water partition coefficient (Wildman–Crippen LogP) is 2.39. The van der Waals surface area contributed by atoms with Crippen molar-refractivity contribution in [3.8, 4) is 5.75 Å². The Hall–Kier alpha value is -3.02. The highest BCUT2D eigenvalue weighted by Crippen LogP contribution is 2.18. The second-order valence-electron chi connectivity index (χ2n) is 4.79. The number of rotatable bonds is 3. The number of hydrogen-bond donors (Lipinski definition) is 1. The van der Waals surface area contributed by atoms with E-state index in [-0.39, 0.29) is 5.91 Å². The molecule has 1 amide bonds. The molecule has 0 saturated carbocycles. The van der Waals surface area contributed by atoms with E-state index in [1.54, 1.807) is 56.6 Å². The summed E-state index contributed by atoms with van der Waals surface area (Å²) in [5.41, 5.74) is 2.10. The Morgan fingerprint density at radius 1 is 1.18 bits per heavy atom. The van der Waals surface area contributed by atoms with Crippen LogP contribution in [0.1, 0.15) is 10.4 Å². The molecule has 0 aliphatic rings. The van der Waals surface area contributed by atoms with Gasteiger partial charge in [-0.2, -0.15) is 0 Å². The highest BCUT2D eigenvalue weighted by Gasteiger charge is 2.11. The van der Waals surface area contributed by atoms with Gasteiger partial charge in [-0.15, -0.1) is 0 Å². The minimum atomic E-state index is -0.456. The van der Waals surface area contributed by atoms with Crippen LogP contribution in [0.3, 0.4) is 0 Å². The Labute approximate surface area is 125 Å². The number of fused-ring (bicyclic) bond motifs is 1. The Kier molecular flexibility index (Phi) is 3.42. The van der Waals surface area contributed by atoms with Gasteiger partial charge in [0.1, 0.15) is 5.75 Å². The third-order valence-electron chi connectivity index (χ3n) is 3.40. The summed E-state index contributed by atoms with van der Waals surface area (Å²) in [6, 6.07) is 11.9. The van der Waals surface area contributed by atoms with Crippen molar-refractivity contribution in [1.29, 1.82) is 0 Å².